The van der Waals surface area contributed by atoms with E-state index in [0.29, 0.717) is 17.7 Å². The third-order valence-corrected chi connectivity index (χ3v) is 6.70. The predicted molar refractivity (Wildman–Crippen MR) is 120 cm³/mol. The van der Waals surface area contributed by atoms with Gasteiger partial charge in [-0.25, -0.2) is 4.68 Å². The first kappa shape index (κ1) is 21.6. The van der Waals surface area contributed by atoms with E-state index >= 15 is 0 Å². The summed E-state index contributed by atoms with van der Waals surface area (Å²) in [4.78, 5) is 29.7. The molecule has 0 N–H and O–H groups in total. The highest BCUT2D eigenvalue weighted by atomic mass is 16.5. The molecule has 1 amide bonds. The number of amides is 1. The normalized spacial score (nSPS) is 21.4. The minimum atomic E-state index is -0.268. The number of ether oxygens (including phenoxy) is 1. The second-order valence-corrected chi connectivity index (χ2v) is 8.72. The maximum Gasteiger partial charge on any atom is 0.267 e. The fourth-order valence-electron chi connectivity index (χ4n) is 4.97. The Morgan fingerprint density at radius 2 is 1.87 bits per heavy atom. The molecule has 0 radical (unpaired) electrons. The van der Waals surface area contributed by atoms with Crippen LogP contribution in [-0.2, 0) is 11.3 Å². The van der Waals surface area contributed by atoms with Crippen molar-refractivity contribution in [3.63, 3.8) is 0 Å². The van der Waals surface area contributed by atoms with Gasteiger partial charge in [0, 0.05) is 31.3 Å². The molecule has 1 unspecified atom stereocenters. The first-order valence-corrected chi connectivity index (χ1v) is 11.3. The van der Waals surface area contributed by atoms with Crippen LogP contribution in [0.2, 0.25) is 0 Å². The minimum Gasteiger partial charge on any atom is -0.497 e. The molecule has 166 valence electrons. The Labute approximate surface area is 183 Å². The summed E-state index contributed by atoms with van der Waals surface area (Å²) in [6, 6.07) is 11.2. The first-order chi connectivity index (χ1) is 15.0. The van der Waals surface area contributed by atoms with Gasteiger partial charge in [0.25, 0.3) is 5.56 Å². The second kappa shape index (κ2) is 9.64. The highest BCUT2D eigenvalue weighted by Crippen LogP contribution is 2.31. The van der Waals surface area contributed by atoms with E-state index in [4.69, 9.17) is 4.74 Å². The third-order valence-electron chi connectivity index (χ3n) is 6.70. The minimum absolute atomic E-state index is 0.0412. The lowest BCUT2D eigenvalue weighted by molar-refractivity contribution is -0.132. The molecule has 2 aliphatic rings. The fraction of sp³-hybridized carbons (Fsp3) is 0.542. The summed E-state index contributed by atoms with van der Waals surface area (Å²) in [5.41, 5.74) is 1.26. The summed E-state index contributed by atoms with van der Waals surface area (Å²) < 4.78 is 6.46. The number of nitrogens with zero attached hydrogens (tertiary/aromatic N) is 4. The van der Waals surface area contributed by atoms with Crippen molar-refractivity contribution in [3.05, 3.63) is 46.8 Å². The van der Waals surface area contributed by atoms with Crippen LogP contribution in [0.1, 0.15) is 32.1 Å². The third kappa shape index (κ3) is 4.98. The maximum atomic E-state index is 12.9. The van der Waals surface area contributed by atoms with Gasteiger partial charge in [0.2, 0.25) is 5.91 Å². The molecule has 31 heavy (non-hydrogen) atoms. The molecule has 2 saturated heterocycles. The molecule has 1 aromatic heterocycles. The van der Waals surface area contributed by atoms with Gasteiger partial charge in [-0.1, -0.05) is 6.42 Å². The maximum absolute atomic E-state index is 12.9. The van der Waals surface area contributed by atoms with Crippen molar-refractivity contribution < 1.29 is 9.53 Å². The Hall–Kier alpha value is -2.67. The van der Waals surface area contributed by atoms with Gasteiger partial charge in [-0.2, -0.15) is 5.10 Å². The van der Waals surface area contributed by atoms with Gasteiger partial charge in [0.1, 0.15) is 12.3 Å². The van der Waals surface area contributed by atoms with E-state index in [1.165, 1.54) is 55.9 Å². The number of hydrogen-bond donors (Lipinski definition) is 0. The smallest absolute Gasteiger partial charge is 0.267 e. The van der Waals surface area contributed by atoms with Crippen molar-refractivity contribution in [2.24, 2.45) is 5.92 Å². The lowest BCUT2D eigenvalue weighted by Gasteiger charge is -2.45. The molecule has 2 aliphatic heterocycles. The number of benzene rings is 1. The molecule has 2 aromatic rings. The zero-order valence-electron chi connectivity index (χ0n) is 18.5. The number of piperidine rings is 2. The SMILES string of the molecule is COc1ccc(-c2ccc(=O)n(CC(=O)N(C)CC3CCCN4CCCC[C@@H]34)n2)cc1. The summed E-state index contributed by atoms with van der Waals surface area (Å²) in [6.45, 7) is 3.08. The van der Waals surface area contributed by atoms with E-state index in [2.05, 4.69) is 10.00 Å². The molecular weight excluding hydrogens is 392 g/mol. The highest BCUT2D eigenvalue weighted by molar-refractivity contribution is 5.75. The Morgan fingerprint density at radius 3 is 2.65 bits per heavy atom. The summed E-state index contributed by atoms with van der Waals surface area (Å²) in [7, 11) is 3.47. The van der Waals surface area contributed by atoms with E-state index in [1.807, 2.05) is 31.3 Å². The van der Waals surface area contributed by atoms with Crippen LogP contribution in [0.15, 0.2) is 41.2 Å². The number of fused-ring (bicyclic) bond motifs is 1. The molecule has 0 aliphatic carbocycles. The molecule has 0 bridgehead atoms. The monoisotopic (exact) mass is 424 g/mol. The average molecular weight is 425 g/mol. The second-order valence-electron chi connectivity index (χ2n) is 8.72. The van der Waals surface area contributed by atoms with Crippen LogP contribution in [0.3, 0.4) is 0 Å². The van der Waals surface area contributed by atoms with Gasteiger partial charge in [-0.05, 0) is 75.0 Å². The standard InChI is InChI=1S/C24H32N4O3/c1-26(16-19-6-5-15-27-14-4-3-7-22(19)27)24(30)17-28-23(29)13-12-21(25-28)18-8-10-20(31-2)11-9-18/h8-13,19,22H,3-7,14-17H2,1-2H3/t19?,22-/m0/s1. The lowest BCUT2D eigenvalue weighted by atomic mass is 9.83. The predicted octanol–water partition coefficient (Wildman–Crippen LogP) is 2.64. The van der Waals surface area contributed by atoms with Crippen molar-refractivity contribution in [2.45, 2.75) is 44.7 Å². The number of hydrogen-bond acceptors (Lipinski definition) is 5. The summed E-state index contributed by atoms with van der Waals surface area (Å²) in [5.74, 6) is 1.20. The van der Waals surface area contributed by atoms with Crippen molar-refractivity contribution >= 4 is 5.91 Å². The van der Waals surface area contributed by atoms with Gasteiger partial charge < -0.3 is 14.5 Å². The molecule has 4 rings (SSSR count). The summed E-state index contributed by atoms with van der Waals surface area (Å²) >= 11 is 0. The van der Waals surface area contributed by atoms with E-state index in [1.54, 1.807) is 18.1 Å². The Bertz CT molecular complexity index is 954. The molecule has 2 fully saturated rings. The Kier molecular flexibility index (Phi) is 6.70. The van der Waals surface area contributed by atoms with Crippen LogP contribution in [0.25, 0.3) is 11.3 Å². The van der Waals surface area contributed by atoms with Crippen molar-refractivity contribution in [1.29, 1.82) is 0 Å². The molecule has 7 heteroatoms. The molecule has 0 spiro atoms. The summed E-state index contributed by atoms with van der Waals surface area (Å²) in [5, 5.41) is 4.44. The number of carbonyl (C=O) groups is 1. The molecular formula is C24H32N4O3. The number of carbonyl (C=O) groups excluding carboxylic acids is 1. The van der Waals surface area contributed by atoms with Gasteiger partial charge >= 0.3 is 0 Å². The number of methoxy groups -OCH3 is 1. The van der Waals surface area contributed by atoms with Crippen LogP contribution >= 0.6 is 0 Å². The van der Waals surface area contributed by atoms with Crippen molar-refractivity contribution in [1.82, 2.24) is 19.6 Å². The van der Waals surface area contributed by atoms with E-state index in [9.17, 15) is 9.59 Å². The zero-order chi connectivity index (χ0) is 21.8. The number of aromatic nitrogens is 2. The molecule has 1 aromatic carbocycles. The zero-order valence-corrected chi connectivity index (χ0v) is 18.5. The number of rotatable bonds is 6. The highest BCUT2D eigenvalue weighted by Gasteiger charge is 2.34. The molecule has 3 heterocycles. The van der Waals surface area contributed by atoms with Gasteiger partial charge in [0.05, 0.1) is 12.8 Å². The van der Waals surface area contributed by atoms with Crippen LogP contribution in [-0.4, -0.2) is 65.3 Å². The van der Waals surface area contributed by atoms with Crippen molar-refractivity contribution in [2.75, 3.05) is 33.8 Å². The van der Waals surface area contributed by atoms with Gasteiger partial charge in [-0.15, -0.1) is 0 Å². The Morgan fingerprint density at radius 1 is 1.10 bits per heavy atom. The molecule has 7 nitrogen and oxygen atoms in total. The quantitative estimate of drug-likeness (QED) is 0.713. The van der Waals surface area contributed by atoms with E-state index in [-0.39, 0.29) is 18.0 Å². The van der Waals surface area contributed by atoms with Crippen LogP contribution in [0, 0.1) is 5.92 Å². The largest absolute Gasteiger partial charge is 0.497 e. The van der Waals surface area contributed by atoms with E-state index in [0.717, 1.165) is 17.9 Å². The lowest BCUT2D eigenvalue weighted by Crippen LogP contribution is -2.51. The van der Waals surface area contributed by atoms with Gasteiger partial charge in [0.15, 0.2) is 0 Å². The molecule has 0 saturated carbocycles. The van der Waals surface area contributed by atoms with Crippen LogP contribution in [0.5, 0.6) is 5.75 Å². The van der Waals surface area contributed by atoms with Crippen LogP contribution in [0.4, 0.5) is 0 Å². The fourth-order valence-corrected chi connectivity index (χ4v) is 4.97. The van der Waals surface area contributed by atoms with Gasteiger partial charge in [-0.3, -0.25) is 9.59 Å². The Balaban J connectivity index is 1.43. The van der Waals surface area contributed by atoms with Crippen molar-refractivity contribution in [3.8, 4) is 17.0 Å². The topological polar surface area (TPSA) is 67.7 Å². The van der Waals surface area contributed by atoms with Crippen LogP contribution < -0.4 is 10.3 Å². The average Bonchev–Trinajstić information content (AvgIpc) is 2.80. The summed E-state index contributed by atoms with van der Waals surface area (Å²) in [6.07, 6.45) is 6.18. The first-order valence-electron chi connectivity index (χ1n) is 11.3. The molecule has 2 atom stereocenters. The van der Waals surface area contributed by atoms with E-state index < -0.39 is 0 Å². The number of likely N-dealkylation sites (N-methyl/N-ethyl adjacent to an activating group) is 1.